The summed E-state index contributed by atoms with van der Waals surface area (Å²) in [6.07, 6.45) is 7.33. The van der Waals surface area contributed by atoms with Gasteiger partial charge in [-0.3, -0.25) is 4.98 Å². The minimum atomic E-state index is 0.745. The molecule has 1 N–H and O–H groups in total. The Morgan fingerprint density at radius 2 is 2.21 bits per heavy atom. The van der Waals surface area contributed by atoms with Crippen LogP contribution in [0.15, 0.2) is 18.3 Å². The van der Waals surface area contributed by atoms with Crippen LogP contribution in [0.4, 0.5) is 0 Å². The molecule has 0 unspecified atom stereocenters. The summed E-state index contributed by atoms with van der Waals surface area (Å²) in [6, 6.07) is 4.91. The zero-order chi connectivity index (χ0) is 9.80. The van der Waals surface area contributed by atoms with Gasteiger partial charge in [0.15, 0.2) is 0 Å². The molecular formula is C12H18N2. The zero-order valence-electron chi connectivity index (χ0n) is 8.79. The van der Waals surface area contributed by atoms with Crippen LogP contribution in [-0.4, -0.2) is 11.0 Å². The predicted octanol–water partition coefficient (Wildman–Crippen LogP) is 2.42. The molecule has 1 aliphatic carbocycles. The van der Waals surface area contributed by atoms with Crippen molar-refractivity contribution < 1.29 is 0 Å². The normalized spacial score (nSPS) is 17.5. The van der Waals surface area contributed by atoms with Gasteiger partial charge in [-0.1, -0.05) is 18.9 Å². The Balaban J connectivity index is 1.88. The molecule has 1 aromatic heterocycles. The molecule has 1 heterocycles. The summed E-state index contributed by atoms with van der Waals surface area (Å²) in [6.45, 7) is 3.05. The molecule has 0 atom stereocenters. The van der Waals surface area contributed by atoms with Gasteiger partial charge in [0.05, 0.1) is 0 Å². The van der Waals surface area contributed by atoms with Gasteiger partial charge in [0, 0.05) is 24.5 Å². The summed E-state index contributed by atoms with van der Waals surface area (Å²) in [5.41, 5.74) is 2.48. The van der Waals surface area contributed by atoms with Crippen LogP contribution in [0.2, 0.25) is 0 Å². The molecule has 0 amide bonds. The average molecular weight is 190 g/mol. The molecule has 0 spiro atoms. The lowest BCUT2D eigenvalue weighted by molar-refractivity contribution is 0.522. The van der Waals surface area contributed by atoms with Gasteiger partial charge >= 0.3 is 0 Å². The number of nitrogens with one attached hydrogen (secondary N) is 1. The Kier molecular flexibility index (Phi) is 3.14. The van der Waals surface area contributed by atoms with Crippen molar-refractivity contribution in [3.05, 3.63) is 29.6 Å². The van der Waals surface area contributed by atoms with E-state index in [4.69, 9.17) is 0 Å². The van der Waals surface area contributed by atoms with Crippen LogP contribution in [0.1, 0.15) is 36.9 Å². The highest BCUT2D eigenvalue weighted by Gasteiger charge is 2.13. The van der Waals surface area contributed by atoms with Gasteiger partial charge < -0.3 is 5.32 Å². The van der Waals surface area contributed by atoms with Gasteiger partial charge in [-0.05, 0) is 31.4 Å². The van der Waals surface area contributed by atoms with E-state index in [0.29, 0.717) is 0 Å². The Morgan fingerprint density at radius 3 is 2.93 bits per heavy atom. The van der Waals surface area contributed by atoms with E-state index in [0.717, 1.165) is 18.3 Å². The van der Waals surface area contributed by atoms with Crippen molar-refractivity contribution in [3.8, 4) is 0 Å². The topological polar surface area (TPSA) is 24.9 Å². The largest absolute Gasteiger partial charge is 0.310 e. The summed E-state index contributed by atoms with van der Waals surface area (Å²) < 4.78 is 0. The second kappa shape index (κ2) is 4.56. The minimum absolute atomic E-state index is 0.745. The molecule has 2 rings (SSSR count). The van der Waals surface area contributed by atoms with E-state index in [1.165, 1.54) is 31.2 Å². The predicted molar refractivity (Wildman–Crippen MR) is 58.1 cm³/mol. The lowest BCUT2D eigenvalue weighted by Gasteiger charge is -2.12. The number of rotatable bonds is 3. The molecule has 2 heteroatoms. The van der Waals surface area contributed by atoms with E-state index in [-0.39, 0.29) is 0 Å². The van der Waals surface area contributed by atoms with Crippen molar-refractivity contribution in [2.24, 2.45) is 0 Å². The molecule has 1 aliphatic rings. The van der Waals surface area contributed by atoms with Crippen molar-refractivity contribution >= 4 is 0 Å². The maximum atomic E-state index is 4.28. The van der Waals surface area contributed by atoms with Crippen LogP contribution in [0.3, 0.4) is 0 Å². The number of nitrogens with zero attached hydrogens (tertiary/aromatic N) is 1. The Morgan fingerprint density at radius 1 is 1.43 bits per heavy atom. The highest BCUT2D eigenvalue weighted by molar-refractivity contribution is 5.17. The van der Waals surface area contributed by atoms with Gasteiger partial charge in [0.1, 0.15) is 0 Å². The molecule has 0 saturated heterocycles. The molecule has 2 nitrogen and oxygen atoms in total. The molecule has 0 bridgehead atoms. The molecule has 0 aromatic carbocycles. The highest BCUT2D eigenvalue weighted by atomic mass is 14.9. The second-order valence-electron chi connectivity index (χ2n) is 4.11. The molecule has 0 aliphatic heterocycles. The highest BCUT2D eigenvalue weighted by Crippen LogP contribution is 2.18. The SMILES string of the molecule is Cc1ncccc1CNC1CCCC1. The van der Waals surface area contributed by atoms with E-state index in [1.807, 2.05) is 12.3 Å². The summed E-state index contributed by atoms with van der Waals surface area (Å²) >= 11 is 0. The number of hydrogen-bond acceptors (Lipinski definition) is 2. The van der Waals surface area contributed by atoms with E-state index in [2.05, 4.69) is 23.3 Å². The van der Waals surface area contributed by atoms with Crippen molar-refractivity contribution in [3.63, 3.8) is 0 Å². The third-order valence-electron chi connectivity index (χ3n) is 3.05. The van der Waals surface area contributed by atoms with E-state index in [9.17, 15) is 0 Å². The lowest BCUT2D eigenvalue weighted by atomic mass is 10.2. The fourth-order valence-corrected chi connectivity index (χ4v) is 2.09. The lowest BCUT2D eigenvalue weighted by Crippen LogP contribution is -2.25. The zero-order valence-corrected chi connectivity index (χ0v) is 8.79. The van der Waals surface area contributed by atoms with E-state index >= 15 is 0 Å². The third kappa shape index (κ3) is 2.32. The van der Waals surface area contributed by atoms with Crippen molar-refractivity contribution in [2.75, 3.05) is 0 Å². The molecule has 76 valence electrons. The monoisotopic (exact) mass is 190 g/mol. The molecule has 1 aromatic rings. The average Bonchev–Trinajstić information content (AvgIpc) is 2.69. The van der Waals surface area contributed by atoms with Crippen molar-refractivity contribution in [2.45, 2.75) is 45.2 Å². The first-order valence-corrected chi connectivity index (χ1v) is 5.50. The van der Waals surface area contributed by atoms with Crippen LogP contribution in [-0.2, 0) is 6.54 Å². The van der Waals surface area contributed by atoms with Crippen molar-refractivity contribution in [1.29, 1.82) is 0 Å². The van der Waals surface area contributed by atoms with Gasteiger partial charge in [-0.2, -0.15) is 0 Å². The number of aromatic nitrogens is 1. The molecule has 1 saturated carbocycles. The number of pyridine rings is 1. The second-order valence-corrected chi connectivity index (χ2v) is 4.11. The molecule has 1 fully saturated rings. The summed E-state index contributed by atoms with van der Waals surface area (Å²) in [5.74, 6) is 0. The Bertz CT molecular complexity index is 290. The fraction of sp³-hybridized carbons (Fsp3) is 0.583. The van der Waals surface area contributed by atoms with E-state index in [1.54, 1.807) is 0 Å². The first-order valence-electron chi connectivity index (χ1n) is 5.50. The smallest absolute Gasteiger partial charge is 0.0417 e. The minimum Gasteiger partial charge on any atom is -0.310 e. The number of aryl methyl sites for hydroxylation is 1. The standard InChI is InChI=1S/C12H18N2/c1-10-11(5-4-8-13-10)9-14-12-6-2-3-7-12/h4-5,8,12,14H,2-3,6-7,9H2,1H3. The van der Waals surface area contributed by atoms with Gasteiger partial charge in [-0.15, -0.1) is 0 Å². The van der Waals surface area contributed by atoms with Crippen LogP contribution in [0.5, 0.6) is 0 Å². The van der Waals surface area contributed by atoms with Gasteiger partial charge in [0.2, 0.25) is 0 Å². The van der Waals surface area contributed by atoms with Crippen LogP contribution in [0.25, 0.3) is 0 Å². The Labute approximate surface area is 85.7 Å². The van der Waals surface area contributed by atoms with Crippen molar-refractivity contribution in [1.82, 2.24) is 10.3 Å². The van der Waals surface area contributed by atoms with Crippen LogP contribution >= 0.6 is 0 Å². The van der Waals surface area contributed by atoms with Crippen LogP contribution in [0, 0.1) is 6.92 Å². The molecule has 14 heavy (non-hydrogen) atoms. The maximum Gasteiger partial charge on any atom is 0.0417 e. The Hall–Kier alpha value is -0.890. The summed E-state index contributed by atoms with van der Waals surface area (Å²) in [7, 11) is 0. The fourth-order valence-electron chi connectivity index (χ4n) is 2.09. The third-order valence-corrected chi connectivity index (χ3v) is 3.05. The molecule has 0 radical (unpaired) electrons. The first kappa shape index (κ1) is 9.66. The van der Waals surface area contributed by atoms with Crippen LogP contribution < -0.4 is 5.32 Å². The summed E-state index contributed by atoms with van der Waals surface area (Å²) in [5, 5.41) is 3.60. The van der Waals surface area contributed by atoms with Gasteiger partial charge in [-0.25, -0.2) is 0 Å². The molecular weight excluding hydrogens is 172 g/mol. The quantitative estimate of drug-likeness (QED) is 0.791. The number of hydrogen-bond donors (Lipinski definition) is 1. The maximum absolute atomic E-state index is 4.28. The first-order chi connectivity index (χ1) is 6.86. The summed E-state index contributed by atoms with van der Waals surface area (Å²) in [4.78, 5) is 4.28. The van der Waals surface area contributed by atoms with Gasteiger partial charge in [0.25, 0.3) is 0 Å². The van der Waals surface area contributed by atoms with E-state index < -0.39 is 0 Å².